The van der Waals surface area contributed by atoms with Crippen LogP contribution in [0.3, 0.4) is 0 Å². The maximum Gasteiger partial charge on any atom is 0.264 e. The summed E-state index contributed by atoms with van der Waals surface area (Å²) in [4.78, 5) is 31.1. The molecule has 0 unspecified atom stereocenters. The number of amides is 2. The number of anilines is 1. The Morgan fingerprint density at radius 1 is 0.875 bits per heavy atom. The molecule has 4 rings (SSSR count). The minimum atomic E-state index is -4.22. The molecular formula is C37H42BrN3O5S2. The molecule has 0 radical (unpaired) electrons. The van der Waals surface area contributed by atoms with Crippen molar-refractivity contribution in [3.63, 3.8) is 0 Å². The van der Waals surface area contributed by atoms with Crippen LogP contribution in [0.4, 0.5) is 5.69 Å². The standard InChI is InChI=1S/C37H42BrN3O5S2/c1-6-46-31-18-16-30(17-19-31)41(48(44,45)33-22-20-32(47-5)21-23-33)26-35(42)40(25-28-12-14-29(38)15-13-28)34(36(43)39-37(2,3)4)24-27-10-8-7-9-11-27/h7-23,34H,6,24-26H2,1-5H3,(H,39,43)/t34-/m1/s1. The van der Waals surface area contributed by atoms with Gasteiger partial charge in [-0.3, -0.25) is 13.9 Å². The number of halogens is 1. The Kier molecular flexibility index (Phi) is 12.8. The average Bonchev–Trinajstić information content (AvgIpc) is 3.06. The van der Waals surface area contributed by atoms with E-state index in [4.69, 9.17) is 4.74 Å². The molecule has 8 nitrogen and oxygen atoms in total. The number of carbonyl (C=O) groups excluding carboxylic acids is 2. The molecule has 11 heteroatoms. The number of thioether (sulfide) groups is 1. The molecule has 0 bridgehead atoms. The third-order valence-corrected chi connectivity index (χ3v) is 10.5. The zero-order valence-corrected chi connectivity index (χ0v) is 31.1. The Bertz CT molecular complexity index is 1760. The van der Waals surface area contributed by atoms with E-state index in [9.17, 15) is 18.0 Å². The largest absolute Gasteiger partial charge is 0.494 e. The first-order chi connectivity index (χ1) is 22.8. The van der Waals surface area contributed by atoms with Gasteiger partial charge in [0.1, 0.15) is 18.3 Å². The van der Waals surface area contributed by atoms with Crippen molar-refractivity contribution < 1.29 is 22.7 Å². The second-order valence-electron chi connectivity index (χ2n) is 12.2. The number of sulfonamides is 1. The number of nitrogens with zero attached hydrogens (tertiary/aromatic N) is 2. The summed E-state index contributed by atoms with van der Waals surface area (Å²) < 4.78 is 36.2. The number of nitrogens with one attached hydrogen (secondary N) is 1. The molecular weight excluding hydrogens is 710 g/mol. The summed E-state index contributed by atoms with van der Waals surface area (Å²) in [5.74, 6) is -0.283. The van der Waals surface area contributed by atoms with Gasteiger partial charge < -0.3 is 15.0 Å². The molecule has 0 aliphatic carbocycles. The predicted molar refractivity (Wildman–Crippen MR) is 197 cm³/mol. The summed E-state index contributed by atoms with van der Waals surface area (Å²) in [5, 5.41) is 3.05. The van der Waals surface area contributed by atoms with Gasteiger partial charge in [-0.1, -0.05) is 58.4 Å². The zero-order valence-electron chi connectivity index (χ0n) is 27.9. The topological polar surface area (TPSA) is 96.0 Å². The van der Waals surface area contributed by atoms with Crippen LogP contribution in [0, 0.1) is 0 Å². The van der Waals surface area contributed by atoms with Crippen LogP contribution in [-0.4, -0.2) is 56.1 Å². The Hall–Kier alpha value is -3.80. The smallest absolute Gasteiger partial charge is 0.264 e. The normalized spacial score (nSPS) is 12.2. The number of hydrogen-bond donors (Lipinski definition) is 1. The molecule has 0 aliphatic rings. The second-order valence-corrected chi connectivity index (χ2v) is 15.9. The Labute approximate surface area is 297 Å². The van der Waals surface area contributed by atoms with Gasteiger partial charge in [0.2, 0.25) is 11.8 Å². The molecule has 0 saturated heterocycles. The summed E-state index contributed by atoms with van der Waals surface area (Å²) in [6.07, 6.45) is 2.15. The maximum atomic E-state index is 14.7. The van der Waals surface area contributed by atoms with E-state index in [1.165, 1.54) is 16.7 Å². The highest BCUT2D eigenvalue weighted by molar-refractivity contribution is 9.10. The van der Waals surface area contributed by atoms with Crippen LogP contribution in [0.25, 0.3) is 0 Å². The quantitative estimate of drug-likeness (QED) is 0.136. The monoisotopic (exact) mass is 751 g/mol. The van der Waals surface area contributed by atoms with Gasteiger partial charge in [-0.05, 0) is 106 Å². The Morgan fingerprint density at radius 3 is 2.06 bits per heavy atom. The molecule has 0 aliphatic heterocycles. The van der Waals surface area contributed by atoms with E-state index in [2.05, 4.69) is 21.2 Å². The summed E-state index contributed by atoms with van der Waals surface area (Å²) in [6.45, 7) is 7.51. The van der Waals surface area contributed by atoms with Crippen LogP contribution < -0.4 is 14.4 Å². The van der Waals surface area contributed by atoms with E-state index >= 15 is 0 Å². The van der Waals surface area contributed by atoms with E-state index in [0.29, 0.717) is 18.0 Å². The molecule has 0 heterocycles. The van der Waals surface area contributed by atoms with E-state index in [1.54, 1.807) is 48.5 Å². The average molecular weight is 753 g/mol. The summed E-state index contributed by atoms with van der Waals surface area (Å²) in [7, 11) is -4.22. The molecule has 0 aromatic heterocycles. The number of benzene rings is 4. The summed E-state index contributed by atoms with van der Waals surface area (Å²) in [6, 6.07) is 29.2. The minimum absolute atomic E-state index is 0.0488. The van der Waals surface area contributed by atoms with Crippen LogP contribution in [0.5, 0.6) is 5.75 Å². The van der Waals surface area contributed by atoms with Crippen LogP contribution in [0.2, 0.25) is 0 Å². The second kappa shape index (κ2) is 16.5. The van der Waals surface area contributed by atoms with Crippen molar-refractivity contribution in [2.45, 2.75) is 62.0 Å². The molecule has 1 N–H and O–H groups in total. The molecule has 0 fully saturated rings. The first-order valence-electron chi connectivity index (χ1n) is 15.6. The molecule has 2 amide bonds. The van der Waals surface area contributed by atoms with E-state index in [0.717, 1.165) is 24.8 Å². The van der Waals surface area contributed by atoms with Crippen LogP contribution in [0.1, 0.15) is 38.8 Å². The van der Waals surface area contributed by atoms with Crippen LogP contribution >= 0.6 is 27.7 Å². The number of hydrogen-bond acceptors (Lipinski definition) is 6. The van der Waals surface area contributed by atoms with Crippen molar-refractivity contribution in [1.82, 2.24) is 10.2 Å². The molecule has 1 atom stereocenters. The van der Waals surface area contributed by atoms with Crippen molar-refractivity contribution in [3.05, 3.63) is 119 Å². The van der Waals surface area contributed by atoms with E-state index < -0.39 is 34.1 Å². The lowest BCUT2D eigenvalue weighted by atomic mass is 10.0. The Balaban J connectivity index is 1.81. The maximum absolute atomic E-state index is 14.7. The van der Waals surface area contributed by atoms with E-state index in [-0.39, 0.29) is 23.8 Å². The van der Waals surface area contributed by atoms with Gasteiger partial charge in [-0.2, -0.15) is 0 Å². The third kappa shape index (κ3) is 10.1. The molecule has 0 spiro atoms. The summed E-state index contributed by atoms with van der Waals surface area (Å²) in [5.41, 5.74) is 1.38. The summed E-state index contributed by atoms with van der Waals surface area (Å²) >= 11 is 4.97. The highest BCUT2D eigenvalue weighted by Crippen LogP contribution is 2.28. The number of ether oxygens (including phenoxy) is 1. The molecule has 254 valence electrons. The third-order valence-electron chi connectivity index (χ3n) is 7.40. The first-order valence-corrected chi connectivity index (χ1v) is 19.1. The Morgan fingerprint density at radius 2 is 1.50 bits per heavy atom. The lowest BCUT2D eigenvalue weighted by Crippen LogP contribution is -2.56. The van der Waals surface area contributed by atoms with Gasteiger partial charge in [0.25, 0.3) is 10.0 Å². The number of rotatable bonds is 14. The van der Waals surface area contributed by atoms with E-state index in [1.807, 2.05) is 88.5 Å². The van der Waals surface area contributed by atoms with Gasteiger partial charge >= 0.3 is 0 Å². The van der Waals surface area contributed by atoms with Crippen molar-refractivity contribution in [1.29, 1.82) is 0 Å². The molecule has 4 aromatic rings. The fourth-order valence-electron chi connectivity index (χ4n) is 5.07. The van der Waals surface area contributed by atoms with Crippen molar-refractivity contribution >= 4 is 55.2 Å². The number of carbonyl (C=O) groups is 2. The zero-order chi connectivity index (χ0) is 34.9. The first kappa shape index (κ1) is 37.0. The fraction of sp³-hybridized carbons (Fsp3) is 0.297. The van der Waals surface area contributed by atoms with Crippen molar-refractivity contribution in [2.24, 2.45) is 0 Å². The van der Waals surface area contributed by atoms with Crippen LogP contribution in [0.15, 0.2) is 117 Å². The lowest BCUT2D eigenvalue weighted by Gasteiger charge is -2.35. The van der Waals surface area contributed by atoms with Crippen molar-refractivity contribution in [2.75, 3.05) is 23.7 Å². The highest BCUT2D eigenvalue weighted by Gasteiger charge is 2.35. The highest BCUT2D eigenvalue weighted by atomic mass is 79.9. The SMILES string of the molecule is CCOc1ccc(N(CC(=O)N(Cc2ccc(Br)cc2)[C@H](Cc2ccccc2)C(=O)NC(C)(C)C)S(=O)(=O)c2ccc(SC)cc2)cc1. The van der Waals surface area contributed by atoms with Gasteiger partial charge in [-0.15, -0.1) is 11.8 Å². The van der Waals surface area contributed by atoms with Gasteiger partial charge in [0.15, 0.2) is 0 Å². The lowest BCUT2D eigenvalue weighted by molar-refractivity contribution is -0.140. The predicted octanol–water partition coefficient (Wildman–Crippen LogP) is 7.32. The molecule has 0 saturated carbocycles. The minimum Gasteiger partial charge on any atom is -0.494 e. The van der Waals surface area contributed by atoms with Crippen LogP contribution in [-0.2, 0) is 32.6 Å². The molecule has 4 aromatic carbocycles. The fourth-order valence-corrected chi connectivity index (χ4v) is 7.16. The van der Waals surface area contributed by atoms with Gasteiger partial charge in [0, 0.05) is 27.9 Å². The molecule has 48 heavy (non-hydrogen) atoms. The van der Waals surface area contributed by atoms with Crippen molar-refractivity contribution in [3.8, 4) is 5.75 Å². The van der Waals surface area contributed by atoms with Gasteiger partial charge in [-0.25, -0.2) is 8.42 Å². The van der Waals surface area contributed by atoms with Gasteiger partial charge in [0.05, 0.1) is 17.2 Å².